The zero-order valence-electron chi connectivity index (χ0n) is 10.6. The minimum absolute atomic E-state index is 0.0973. The molecule has 19 heavy (non-hydrogen) atoms. The van der Waals surface area contributed by atoms with Gasteiger partial charge in [0.25, 0.3) is 0 Å². The van der Waals surface area contributed by atoms with E-state index >= 15 is 0 Å². The van der Waals surface area contributed by atoms with Crippen LogP contribution in [0.5, 0.6) is 0 Å². The Kier molecular flexibility index (Phi) is 4.23. The zero-order valence-corrected chi connectivity index (χ0v) is 11.3. The molecule has 1 N–H and O–H groups in total. The molecule has 2 aromatic carbocycles. The van der Waals surface area contributed by atoms with Gasteiger partial charge < -0.3 is 5.11 Å². The third kappa shape index (κ3) is 3.15. The number of benzene rings is 2. The number of carboxylic acids is 1. The molecule has 98 valence electrons. The summed E-state index contributed by atoms with van der Waals surface area (Å²) in [6.07, 6.45) is 0. The number of hydrogen-bond acceptors (Lipinski definition) is 1. The average Bonchev–Trinajstić information content (AvgIpc) is 2.42. The summed E-state index contributed by atoms with van der Waals surface area (Å²) in [6.45, 7) is 1.93. The molecule has 2 rings (SSSR count). The molecule has 2 atom stereocenters. The van der Waals surface area contributed by atoms with E-state index in [4.69, 9.17) is 11.6 Å². The molecule has 0 spiro atoms. The van der Waals surface area contributed by atoms with E-state index in [1.807, 2.05) is 37.3 Å². The van der Waals surface area contributed by atoms with Gasteiger partial charge in [-0.3, -0.25) is 4.79 Å². The molecule has 0 bridgehead atoms. The molecule has 0 aliphatic rings. The summed E-state index contributed by atoms with van der Waals surface area (Å²) in [5.41, 5.74) is 1.79. The molecule has 0 saturated heterocycles. The molecule has 2 unspecified atom stereocenters. The van der Waals surface area contributed by atoms with Crippen LogP contribution in [0.1, 0.15) is 29.9 Å². The summed E-state index contributed by atoms with van der Waals surface area (Å²) in [5.74, 6) is -1.49. The SMILES string of the molecule is CC(c1ccccc1)C(C(=O)O)c1ccc(Cl)cc1. The van der Waals surface area contributed by atoms with Crippen molar-refractivity contribution < 1.29 is 9.90 Å². The van der Waals surface area contributed by atoms with Crippen LogP contribution in [-0.4, -0.2) is 11.1 Å². The predicted octanol–water partition coefficient (Wildman–Crippen LogP) is 4.31. The molecule has 2 nitrogen and oxygen atoms in total. The zero-order chi connectivity index (χ0) is 13.8. The third-order valence-corrected chi connectivity index (χ3v) is 3.57. The Morgan fingerprint density at radius 2 is 1.58 bits per heavy atom. The highest BCUT2D eigenvalue weighted by molar-refractivity contribution is 6.30. The van der Waals surface area contributed by atoms with E-state index in [-0.39, 0.29) is 5.92 Å². The maximum Gasteiger partial charge on any atom is 0.311 e. The highest BCUT2D eigenvalue weighted by Crippen LogP contribution is 2.33. The van der Waals surface area contributed by atoms with Crippen molar-refractivity contribution >= 4 is 17.6 Å². The van der Waals surface area contributed by atoms with Gasteiger partial charge in [0.05, 0.1) is 5.92 Å². The van der Waals surface area contributed by atoms with Crippen LogP contribution in [0.15, 0.2) is 54.6 Å². The van der Waals surface area contributed by atoms with Crippen molar-refractivity contribution in [2.75, 3.05) is 0 Å². The molecule has 0 amide bonds. The van der Waals surface area contributed by atoms with Crippen molar-refractivity contribution in [3.05, 3.63) is 70.7 Å². The van der Waals surface area contributed by atoms with Crippen molar-refractivity contribution in [3.63, 3.8) is 0 Å². The van der Waals surface area contributed by atoms with Gasteiger partial charge in [0.1, 0.15) is 0 Å². The first-order chi connectivity index (χ1) is 9.09. The second kappa shape index (κ2) is 5.89. The molecule has 0 radical (unpaired) electrons. The lowest BCUT2D eigenvalue weighted by Crippen LogP contribution is -2.18. The first-order valence-electron chi connectivity index (χ1n) is 6.13. The number of rotatable bonds is 4. The number of aliphatic carboxylic acids is 1. The Bertz CT molecular complexity index is 549. The van der Waals surface area contributed by atoms with Gasteiger partial charge in [0.15, 0.2) is 0 Å². The Labute approximate surface area is 117 Å². The fraction of sp³-hybridized carbons (Fsp3) is 0.188. The molecule has 0 fully saturated rings. The van der Waals surface area contributed by atoms with E-state index < -0.39 is 11.9 Å². The molecule has 0 saturated carbocycles. The van der Waals surface area contributed by atoms with Crippen LogP contribution >= 0.6 is 11.6 Å². The Morgan fingerprint density at radius 1 is 1.00 bits per heavy atom. The maximum atomic E-state index is 11.6. The first-order valence-corrected chi connectivity index (χ1v) is 6.50. The Balaban J connectivity index is 2.36. The molecule has 0 aromatic heterocycles. The van der Waals surface area contributed by atoms with Crippen molar-refractivity contribution in [1.29, 1.82) is 0 Å². The van der Waals surface area contributed by atoms with Crippen LogP contribution in [0.3, 0.4) is 0 Å². The van der Waals surface area contributed by atoms with Crippen LogP contribution < -0.4 is 0 Å². The van der Waals surface area contributed by atoms with Crippen LogP contribution in [0.25, 0.3) is 0 Å². The van der Waals surface area contributed by atoms with Crippen molar-refractivity contribution in [3.8, 4) is 0 Å². The number of halogens is 1. The van der Waals surface area contributed by atoms with Gasteiger partial charge in [0.2, 0.25) is 0 Å². The van der Waals surface area contributed by atoms with Crippen LogP contribution in [0.4, 0.5) is 0 Å². The highest BCUT2D eigenvalue weighted by atomic mass is 35.5. The van der Waals surface area contributed by atoms with Gasteiger partial charge in [-0.2, -0.15) is 0 Å². The van der Waals surface area contributed by atoms with Gasteiger partial charge in [0, 0.05) is 5.02 Å². The molecular weight excluding hydrogens is 260 g/mol. The molecule has 2 aromatic rings. The summed E-state index contributed by atoms with van der Waals surface area (Å²) in [6, 6.07) is 16.7. The second-order valence-electron chi connectivity index (χ2n) is 4.57. The number of hydrogen-bond donors (Lipinski definition) is 1. The minimum atomic E-state index is -0.821. The monoisotopic (exact) mass is 274 g/mol. The second-order valence-corrected chi connectivity index (χ2v) is 5.00. The van der Waals surface area contributed by atoms with E-state index in [1.54, 1.807) is 24.3 Å². The maximum absolute atomic E-state index is 11.6. The van der Waals surface area contributed by atoms with Gasteiger partial charge in [-0.15, -0.1) is 0 Å². The first kappa shape index (κ1) is 13.6. The molecule has 0 aliphatic heterocycles. The quantitative estimate of drug-likeness (QED) is 0.902. The third-order valence-electron chi connectivity index (χ3n) is 3.32. The fourth-order valence-electron chi connectivity index (χ4n) is 2.26. The average molecular weight is 275 g/mol. The highest BCUT2D eigenvalue weighted by Gasteiger charge is 2.27. The standard InChI is InChI=1S/C16H15ClO2/c1-11(12-5-3-2-4-6-12)15(16(18)19)13-7-9-14(17)10-8-13/h2-11,15H,1H3,(H,18,19). The van der Waals surface area contributed by atoms with E-state index in [2.05, 4.69) is 0 Å². The largest absolute Gasteiger partial charge is 0.481 e. The van der Waals surface area contributed by atoms with E-state index in [0.29, 0.717) is 5.02 Å². The lowest BCUT2D eigenvalue weighted by Gasteiger charge is -2.21. The molecule has 0 heterocycles. The molecule has 3 heteroatoms. The Morgan fingerprint density at radius 3 is 2.11 bits per heavy atom. The number of carboxylic acid groups (broad SMARTS) is 1. The lowest BCUT2D eigenvalue weighted by atomic mass is 9.83. The van der Waals surface area contributed by atoms with Crippen LogP contribution in [0.2, 0.25) is 5.02 Å². The van der Waals surface area contributed by atoms with Crippen molar-refractivity contribution in [1.82, 2.24) is 0 Å². The fourth-order valence-corrected chi connectivity index (χ4v) is 2.39. The van der Waals surface area contributed by atoms with Crippen molar-refractivity contribution in [2.24, 2.45) is 0 Å². The predicted molar refractivity (Wildman–Crippen MR) is 76.7 cm³/mol. The minimum Gasteiger partial charge on any atom is -0.481 e. The summed E-state index contributed by atoms with van der Waals surface area (Å²) < 4.78 is 0. The smallest absolute Gasteiger partial charge is 0.311 e. The van der Waals surface area contributed by atoms with E-state index in [0.717, 1.165) is 11.1 Å². The van der Waals surface area contributed by atoms with E-state index in [1.165, 1.54) is 0 Å². The summed E-state index contributed by atoms with van der Waals surface area (Å²) in [5, 5.41) is 10.1. The van der Waals surface area contributed by atoms with Gasteiger partial charge in [-0.05, 0) is 29.2 Å². The van der Waals surface area contributed by atoms with Crippen LogP contribution in [0, 0.1) is 0 Å². The van der Waals surface area contributed by atoms with E-state index in [9.17, 15) is 9.90 Å². The van der Waals surface area contributed by atoms with Gasteiger partial charge in [-0.25, -0.2) is 0 Å². The summed E-state index contributed by atoms with van der Waals surface area (Å²) in [4.78, 5) is 11.6. The Hall–Kier alpha value is -1.80. The molecular formula is C16H15ClO2. The number of carbonyl (C=O) groups is 1. The lowest BCUT2D eigenvalue weighted by molar-refractivity contribution is -0.139. The van der Waals surface area contributed by atoms with Crippen LogP contribution in [-0.2, 0) is 4.79 Å². The van der Waals surface area contributed by atoms with Gasteiger partial charge in [-0.1, -0.05) is 61.0 Å². The topological polar surface area (TPSA) is 37.3 Å². The van der Waals surface area contributed by atoms with Gasteiger partial charge >= 0.3 is 5.97 Å². The summed E-state index contributed by atoms with van der Waals surface area (Å²) >= 11 is 5.85. The van der Waals surface area contributed by atoms with Crippen molar-refractivity contribution in [2.45, 2.75) is 18.8 Å². The normalized spacial score (nSPS) is 13.8. The molecule has 0 aliphatic carbocycles. The summed E-state index contributed by atoms with van der Waals surface area (Å²) in [7, 11) is 0.